The van der Waals surface area contributed by atoms with Crippen LogP contribution in [0.4, 0.5) is 13.2 Å². The van der Waals surface area contributed by atoms with Gasteiger partial charge in [0.05, 0.1) is 18.7 Å². The third kappa shape index (κ3) is 2.73. The quantitative estimate of drug-likeness (QED) is 0.664. The van der Waals surface area contributed by atoms with Crippen molar-refractivity contribution in [2.24, 2.45) is 0 Å². The molecule has 0 unspecified atom stereocenters. The second-order valence-electron chi connectivity index (χ2n) is 4.53. The predicted molar refractivity (Wildman–Crippen MR) is 64.4 cm³/mol. The Balaban J connectivity index is 3.52. The first kappa shape index (κ1) is 13.9. The van der Waals surface area contributed by atoms with Gasteiger partial charge in [-0.1, -0.05) is 42.8 Å². The van der Waals surface area contributed by atoms with Crippen molar-refractivity contribution >= 4 is 36.5 Å². The van der Waals surface area contributed by atoms with Crippen molar-refractivity contribution < 1.29 is 13.2 Å². The molecule has 1 aromatic rings. The van der Waals surface area contributed by atoms with Crippen LogP contribution in [0.1, 0.15) is 5.56 Å². The van der Waals surface area contributed by atoms with Crippen molar-refractivity contribution in [3.05, 3.63) is 27.7 Å². The van der Waals surface area contributed by atoms with Gasteiger partial charge in [0.2, 0.25) is 0 Å². The molecule has 0 amide bonds. The fourth-order valence-electron chi connectivity index (χ4n) is 1.46. The molecular formula is C10H11Cl2F3Si. The number of rotatable bonds is 1. The van der Waals surface area contributed by atoms with Crippen LogP contribution in [0.15, 0.2) is 12.1 Å². The highest BCUT2D eigenvalue weighted by molar-refractivity contribution is 6.91. The summed E-state index contributed by atoms with van der Waals surface area (Å²) in [6, 6.07) is 2.19. The van der Waals surface area contributed by atoms with E-state index < -0.39 is 19.8 Å². The molecule has 0 N–H and O–H groups in total. The van der Waals surface area contributed by atoms with Crippen LogP contribution in [-0.2, 0) is 6.18 Å². The van der Waals surface area contributed by atoms with Crippen LogP contribution in [-0.4, -0.2) is 8.07 Å². The summed E-state index contributed by atoms with van der Waals surface area (Å²) >= 11 is 11.7. The molecule has 6 heteroatoms. The zero-order valence-electron chi connectivity index (χ0n) is 9.04. The molecule has 0 radical (unpaired) electrons. The first-order valence-corrected chi connectivity index (χ1v) is 8.86. The average Bonchev–Trinajstić information content (AvgIpc) is 1.97. The van der Waals surface area contributed by atoms with Gasteiger partial charge in [0.1, 0.15) is 0 Å². The topological polar surface area (TPSA) is 0 Å². The molecule has 0 aliphatic rings. The van der Waals surface area contributed by atoms with Gasteiger partial charge in [-0.3, -0.25) is 0 Å². The number of halogens is 5. The average molecular weight is 287 g/mol. The maximum absolute atomic E-state index is 12.6. The number of benzene rings is 1. The van der Waals surface area contributed by atoms with Gasteiger partial charge in [-0.25, -0.2) is 0 Å². The summed E-state index contributed by atoms with van der Waals surface area (Å²) in [5, 5.41) is 0.530. The van der Waals surface area contributed by atoms with Gasteiger partial charge in [-0.15, -0.1) is 0 Å². The number of hydrogen-bond donors (Lipinski definition) is 0. The molecule has 0 saturated heterocycles. The summed E-state index contributed by atoms with van der Waals surface area (Å²) < 4.78 is 37.9. The van der Waals surface area contributed by atoms with Crippen LogP contribution in [0.5, 0.6) is 0 Å². The lowest BCUT2D eigenvalue weighted by Crippen LogP contribution is -2.40. The summed E-state index contributed by atoms with van der Waals surface area (Å²) in [6.07, 6.45) is -4.43. The minimum absolute atomic E-state index is 0.251. The summed E-state index contributed by atoms with van der Waals surface area (Å²) in [6.45, 7) is 5.71. The predicted octanol–water partition coefficient (Wildman–Crippen LogP) is 4.56. The van der Waals surface area contributed by atoms with Crippen LogP contribution in [0.3, 0.4) is 0 Å². The minimum atomic E-state index is -4.43. The molecule has 0 bridgehead atoms. The van der Waals surface area contributed by atoms with E-state index in [4.69, 9.17) is 23.2 Å². The van der Waals surface area contributed by atoms with Gasteiger partial charge in [0.25, 0.3) is 0 Å². The van der Waals surface area contributed by atoms with Gasteiger partial charge in [-0.2, -0.15) is 13.2 Å². The molecule has 0 aliphatic carbocycles. The molecule has 0 heterocycles. The zero-order chi connectivity index (χ0) is 12.7. The maximum Gasteiger partial charge on any atom is 0.417 e. The van der Waals surface area contributed by atoms with Gasteiger partial charge < -0.3 is 0 Å². The van der Waals surface area contributed by atoms with E-state index in [0.29, 0.717) is 10.2 Å². The Morgan fingerprint density at radius 2 is 1.56 bits per heavy atom. The fourth-order valence-corrected chi connectivity index (χ4v) is 5.23. The summed E-state index contributed by atoms with van der Waals surface area (Å²) in [5.74, 6) is 0. The van der Waals surface area contributed by atoms with Crippen LogP contribution < -0.4 is 5.19 Å². The van der Waals surface area contributed by atoms with Crippen LogP contribution >= 0.6 is 23.2 Å². The lowest BCUT2D eigenvalue weighted by atomic mass is 10.2. The Morgan fingerprint density at radius 1 is 1.06 bits per heavy atom. The van der Waals surface area contributed by atoms with E-state index in [1.165, 1.54) is 6.07 Å². The molecule has 90 valence electrons. The van der Waals surface area contributed by atoms with Crippen molar-refractivity contribution in [3.8, 4) is 0 Å². The van der Waals surface area contributed by atoms with Crippen molar-refractivity contribution in [1.29, 1.82) is 0 Å². The molecule has 1 aromatic carbocycles. The second kappa shape index (κ2) is 4.24. The van der Waals surface area contributed by atoms with E-state index in [2.05, 4.69) is 0 Å². The summed E-state index contributed by atoms with van der Waals surface area (Å²) in [5.41, 5.74) is -0.809. The van der Waals surface area contributed by atoms with Crippen LogP contribution in [0, 0.1) is 0 Å². The van der Waals surface area contributed by atoms with Crippen molar-refractivity contribution in [2.75, 3.05) is 0 Å². The molecule has 0 fully saturated rings. The normalized spacial score (nSPS) is 13.0. The first-order chi connectivity index (χ1) is 7.05. The Bertz CT molecular complexity index is 408. The smallest absolute Gasteiger partial charge is 0.166 e. The number of hydrogen-bond acceptors (Lipinski definition) is 0. The van der Waals surface area contributed by atoms with E-state index >= 15 is 0 Å². The lowest BCUT2D eigenvalue weighted by molar-refractivity contribution is -0.137. The Morgan fingerprint density at radius 3 is 1.94 bits per heavy atom. The monoisotopic (exact) mass is 286 g/mol. The van der Waals surface area contributed by atoms with E-state index in [0.717, 1.165) is 6.07 Å². The van der Waals surface area contributed by atoms with Crippen molar-refractivity contribution in [1.82, 2.24) is 0 Å². The number of alkyl halides is 3. The third-order valence-electron chi connectivity index (χ3n) is 2.15. The molecule has 0 atom stereocenters. The van der Waals surface area contributed by atoms with E-state index in [-0.39, 0.29) is 5.02 Å². The SMILES string of the molecule is C[Si](C)(C)c1c(Cl)ccc(C(F)(F)F)c1Cl. The first-order valence-electron chi connectivity index (χ1n) is 4.61. The molecule has 0 spiro atoms. The molecule has 0 aromatic heterocycles. The largest absolute Gasteiger partial charge is 0.417 e. The summed E-state index contributed by atoms with van der Waals surface area (Å²) in [7, 11) is -2.00. The highest BCUT2D eigenvalue weighted by atomic mass is 35.5. The molecule has 0 aliphatic heterocycles. The van der Waals surface area contributed by atoms with Crippen molar-refractivity contribution in [2.45, 2.75) is 25.8 Å². The van der Waals surface area contributed by atoms with Crippen LogP contribution in [0.25, 0.3) is 0 Å². The zero-order valence-corrected chi connectivity index (χ0v) is 11.6. The Hall–Kier alpha value is -0.193. The lowest BCUT2D eigenvalue weighted by Gasteiger charge is -2.22. The van der Waals surface area contributed by atoms with Crippen molar-refractivity contribution in [3.63, 3.8) is 0 Å². The Kier molecular flexibility index (Phi) is 3.67. The van der Waals surface area contributed by atoms with Gasteiger partial charge in [0, 0.05) is 5.02 Å². The van der Waals surface area contributed by atoms with E-state index in [1.807, 2.05) is 19.6 Å². The van der Waals surface area contributed by atoms with Crippen LogP contribution in [0.2, 0.25) is 29.7 Å². The van der Waals surface area contributed by atoms with Gasteiger partial charge in [0.15, 0.2) is 0 Å². The standard InChI is InChI=1S/C10H11Cl2F3Si/c1-16(2,3)9-7(11)5-4-6(8(9)12)10(13,14)15/h4-5H,1-3H3. The van der Waals surface area contributed by atoms with E-state index in [1.54, 1.807) is 0 Å². The minimum Gasteiger partial charge on any atom is -0.166 e. The second-order valence-corrected chi connectivity index (χ2v) is 10.3. The fraction of sp³-hybridized carbons (Fsp3) is 0.400. The van der Waals surface area contributed by atoms with Gasteiger partial charge >= 0.3 is 6.18 Å². The van der Waals surface area contributed by atoms with Gasteiger partial charge in [-0.05, 0) is 17.3 Å². The highest BCUT2D eigenvalue weighted by Crippen LogP contribution is 2.35. The molecule has 0 nitrogen and oxygen atoms in total. The van der Waals surface area contributed by atoms with E-state index in [9.17, 15) is 13.2 Å². The highest BCUT2D eigenvalue weighted by Gasteiger charge is 2.36. The molecule has 0 saturated carbocycles. The molecular weight excluding hydrogens is 276 g/mol. The molecule has 1 rings (SSSR count). The Labute approximate surface area is 103 Å². The molecule has 16 heavy (non-hydrogen) atoms. The summed E-state index contributed by atoms with van der Waals surface area (Å²) in [4.78, 5) is 0. The maximum atomic E-state index is 12.6. The third-order valence-corrected chi connectivity index (χ3v) is 5.19.